The average molecular weight is 285 g/mol. The van der Waals surface area contributed by atoms with Crippen molar-refractivity contribution in [2.75, 3.05) is 0 Å². The smallest absolute Gasteiger partial charge is 0.0303 e. The molecule has 1 nitrogen and oxygen atoms in total. The van der Waals surface area contributed by atoms with E-state index in [1.807, 2.05) is 11.3 Å². The summed E-state index contributed by atoms with van der Waals surface area (Å²) in [4.78, 5) is 2.77. The van der Waals surface area contributed by atoms with Gasteiger partial charge in [0.2, 0.25) is 0 Å². The maximum absolute atomic E-state index is 3.49. The van der Waals surface area contributed by atoms with Crippen molar-refractivity contribution < 1.29 is 0 Å². The molecule has 3 aromatic rings. The predicted octanol–water partition coefficient (Wildman–Crippen LogP) is 4.77. The van der Waals surface area contributed by atoms with Crippen molar-refractivity contribution in [2.24, 2.45) is 0 Å². The van der Waals surface area contributed by atoms with Gasteiger partial charge in [-0.05, 0) is 34.0 Å². The van der Waals surface area contributed by atoms with Gasteiger partial charge in [-0.15, -0.1) is 22.7 Å². The van der Waals surface area contributed by atoms with Crippen LogP contribution in [0.3, 0.4) is 0 Å². The molecule has 0 aliphatic heterocycles. The van der Waals surface area contributed by atoms with Gasteiger partial charge < -0.3 is 5.32 Å². The fourth-order valence-corrected chi connectivity index (χ4v) is 3.51. The van der Waals surface area contributed by atoms with Gasteiger partial charge in [0.1, 0.15) is 0 Å². The summed E-state index contributed by atoms with van der Waals surface area (Å²) in [5.41, 5.74) is 2.61. The quantitative estimate of drug-likeness (QED) is 0.712. The van der Waals surface area contributed by atoms with E-state index >= 15 is 0 Å². The lowest BCUT2D eigenvalue weighted by molar-refractivity contribution is 0.709. The van der Waals surface area contributed by atoms with Gasteiger partial charge in [-0.3, -0.25) is 0 Å². The van der Waals surface area contributed by atoms with E-state index in [4.69, 9.17) is 0 Å². The highest BCUT2D eigenvalue weighted by Gasteiger charge is 2.02. The first-order valence-electron chi connectivity index (χ1n) is 6.28. The number of nitrogens with one attached hydrogen (secondary N) is 1. The van der Waals surface area contributed by atoms with E-state index in [0.717, 1.165) is 13.1 Å². The molecule has 0 unspecified atom stereocenters. The zero-order chi connectivity index (χ0) is 12.9. The van der Waals surface area contributed by atoms with Crippen LogP contribution in [0.25, 0.3) is 11.1 Å². The van der Waals surface area contributed by atoms with E-state index < -0.39 is 0 Å². The van der Waals surface area contributed by atoms with Crippen molar-refractivity contribution in [3.8, 4) is 11.1 Å². The molecule has 2 heterocycles. The maximum Gasteiger partial charge on any atom is 0.0303 e. The Kier molecular flexibility index (Phi) is 4.08. The van der Waals surface area contributed by atoms with Crippen LogP contribution in [0.1, 0.15) is 9.75 Å². The van der Waals surface area contributed by atoms with Crippen molar-refractivity contribution in [2.45, 2.75) is 13.1 Å². The first-order chi connectivity index (χ1) is 9.42. The fraction of sp³-hybridized carbons (Fsp3) is 0.125. The largest absolute Gasteiger partial charge is 0.307 e. The lowest BCUT2D eigenvalue weighted by Crippen LogP contribution is -2.10. The fourth-order valence-electron chi connectivity index (χ4n) is 1.98. The summed E-state index contributed by atoms with van der Waals surface area (Å²) in [5, 5.41) is 7.84. The average Bonchev–Trinajstić information content (AvgIpc) is 3.11. The Balaban J connectivity index is 1.59. The van der Waals surface area contributed by atoms with Crippen LogP contribution in [0.2, 0.25) is 0 Å². The molecule has 0 amide bonds. The van der Waals surface area contributed by atoms with E-state index in [2.05, 4.69) is 64.6 Å². The van der Waals surface area contributed by atoms with Gasteiger partial charge in [-0.25, -0.2) is 0 Å². The Morgan fingerprint density at radius 3 is 2.42 bits per heavy atom. The maximum atomic E-state index is 3.49. The Morgan fingerprint density at radius 1 is 0.789 bits per heavy atom. The Hall–Kier alpha value is -1.42. The number of hydrogen-bond donors (Lipinski definition) is 1. The minimum atomic E-state index is 0.940. The standard InChI is InChI=1S/C16H15NS2/c1-2-5-13(6-3-1)14-9-16(19-12-14)11-17-10-15-7-4-8-18-15/h1-9,12,17H,10-11H2. The molecule has 0 aliphatic carbocycles. The van der Waals surface area contributed by atoms with Crippen LogP contribution in [-0.4, -0.2) is 0 Å². The summed E-state index contributed by atoms with van der Waals surface area (Å²) in [7, 11) is 0. The van der Waals surface area contributed by atoms with Gasteiger partial charge >= 0.3 is 0 Å². The minimum Gasteiger partial charge on any atom is -0.307 e. The second-order valence-corrected chi connectivity index (χ2v) is 6.38. The van der Waals surface area contributed by atoms with Crippen LogP contribution in [0.4, 0.5) is 0 Å². The molecule has 0 aliphatic rings. The monoisotopic (exact) mass is 285 g/mol. The van der Waals surface area contributed by atoms with Gasteiger partial charge in [-0.1, -0.05) is 36.4 Å². The Morgan fingerprint density at radius 2 is 1.63 bits per heavy atom. The number of benzene rings is 1. The van der Waals surface area contributed by atoms with E-state index in [0.29, 0.717) is 0 Å². The predicted molar refractivity (Wildman–Crippen MR) is 84.6 cm³/mol. The SMILES string of the molecule is c1ccc(-c2csc(CNCc3cccs3)c2)cc1. The summed E-state index contributed by atoms with van der Waals surface area (Å²) in [6.45, 7) is 1.89. The third-order valence-electron chi connectivity index (χ3n) is 2.94. The molecule has 0 saturated carbocycles. The molecule has 1 N–H and O–H groups in total. The number of rotatable bonds is 5. The van der Waals surface area contributed by atoms with Gasteiger partial charge in [0.05, 0.1) is 0 Å². The van der Waals surface area contributed by atoms with Crippen molar-refractivity contribution in [1.29, 1.82) is 0 Å². The zero-order valence-electron chi connectivity index (χ0n) is 10.5. The van der Waals surface area contributed by atoms with E-state index in [-0.39, 0.29) is 0 Å². The van der Waals surface area contributed by atoms with E-state index in [1.54, 1.807) is 11.3 Å². The molecule has 2 aromatic heterocycles. The molecule has 0 radical (unpaired) electrons. The van der Waals surface area contributed by atoms with Gasteiger partial charge in [0.25, 0.3) is 0 Å². The highest BCUT2D eigenvalue weighted by Crippen LogP contribution is 2.25. The number of thiophene rings is 2. The van der Waals surface area contributed by atoms with Crippen molar-refractivity contribution >= 4 is 22.7 Å². The summed E-state index contributed by atoms with van der Waals surface area (Å²) in [6.07, 6.45) is 0. The van der Waals surface area contributed by atoms with Gasteiger partial charge in [0.15, 0.2) is 0 Å². The van der Waals surface area contributed by atoms with Crippen molar-refractivity contribution in [3.63, 3.8) is 0 Å². The third-order valence-corrected chi connectivity index (χ3v) is 4.75. The van der Waals surface area contributed by atoms with Crippen LogP contribution in [0.15, 0.2) is 59.3 Å². The van der Waals surface area contributed by atoms with Crippen LogP contribution in [0.5, 0.6) is 0 Å². The molecule has 0 fully saturated rings. The molecule has 3 heteroatoms. The second kappa shape index (κ2) is 6.15. The Bertz CT molecular complexity index is 611. The normalized spacial score (nSPS) is 10.7. The van der Waals surface area contributed by atoms with E-state index in [1.165, 1.54) is 20.9 Å². The first-order valence-corrected chi connectivity index (χ1v) is 8.04. The first kappa shape index (κ1) is 12.6. The van der Waals surface area contributed by atoms with Crippen molar-refractivity contribution in [3.05, 3.63) is 69.0 Å². The highest BCUT2D eigenvalue weighted by atomic mass is 32.1. The molecular formula is C16H15NS2. The summed E-state index contributed by atoms with van der Waals surface area (Å²) in [6, 6.07) is 17.1. The lowest BCUT2D eigenvalue weighted by Gasteiger charge is -2.00. The summed E-state index contributed by atoms with van der Waals surface area (Å²) < 4.78 is 0. The van der Waals surface area contributed by atoms with Crippen LogP contribution < -0.4 is 5.32 Å². The second-order valence-electron chi connectivity index (χ2n) is 4.35. The molecule has 0 spiro atoms. The number of hydrogen-bond acceptors (Lipinski definition) is 3. The summed E-state index contributed by atoms with van der Waals surface area (Å²) in [5.74, 6) is 0. The minimum absolute atomic E-state index is 0.940. The molecule has 3 rings (SSSR count). The van der Waals surface area contributed by atoms with Crippen LogP contribution >= 0.6 is 22.7 Å². The highest BCUT2D eigenvalue weighted by molar-refractivity contribution is 7.10. The Labute approximate surface area is 121 Å². The zero-order valence-corrected chi connectivity index (χ0v) is 12.1. The molecule has 19 heavy (non-hydrogen) atoms. The molecule has 1 aromatic carbocycles. The van der Waals surface area contributed by atoms with Crippen LogP contribution in [0, 0.1) is 0 Å². The van der Waals surface area contributed by atoms with E-state index in [9.17, 15) is 0 Å². The van der Waals surface area contributed by atoms with Gasteiger partial charge in [-0.2, -0.15) is 0 Å². The molecule has 96 valence electrons. The molecule has 0 bridgehead atoms. The summed E-state index contributed by atoms with van der Waals surface area (Å²) >= 11 is 3.62. The van der Waals surface area contributed by atoms with Crippen molar-refractivity contribution in [1.82, 2.24) is 5.32 Å². The lowest BCUT2D eigenvalue weighted by atomic mass is 10.1. The molecule has 0 atom stereocenters. The van der Waals surface area contributed by atoms with Crippen LogP contribution in [-0.2, 0) is 13.1 Å². The molecule has 0 saturated heterocycles. The third kappa shape index (κ3) is 3.32. The van der Waals surface area contributed by atoms with Gasteiger partial charge in [0, 0.05) is 22.8 Å². The molecular weight excluding hydrogens is 270 g/mol. The topological polar surface area (TPSA) is 12.0 Å².